The van der Waals surface area contributed by atoms with Crippen LogP contribution in [0.3, 0.4) is 0 Å². The van der Waals surface area contributed by atoms with E-state index >= 15 is 0 Å². The van der Waals surface area contributed by atoms with Gasteiger partial charge in [0.15, 0.2) is 0 Å². The molecule has 0 spiro atoms. The maximum atomic E-state index is 12.4. The van der Waals surface area contributed by atoms with Crippen LogP contribution in [-0.2, 0) is 13.0 Å². The number of hydrogen-bond donors (Lipinski definition) is 1. The van der Waals surface area contributed by atoms with Crippen molar-refractivity contribution < 1.29 is 9.53 Å². The van der Waals surface area contributed by atoms with Gasteiger partial charge in [-0.25, -0.2) is 0 Å². The zero-order chi connectivity index (χ0) is 20.3. The van der Waals surface area contributed by atoms with Crippen molar-refractivity contribution in [2.75, 3.05) is 7.11 Å². The number of rotatable bonds is 7. The van der Waals surface area contributed by atoms with Gasteiger partial charge in [-0.3, -0.25) is 4.79 Å². The first-order chi connectivity index (χ1) is 13.5. The zero-order valence-electron chi connectivity index (χ0n) is 16.5. The summed E-state index contributed by atoms with van der Waals surface area (Å²) in [5, 5.41) is 0.694. The van der Waals surface area contributed by atoms with E-state index in [0.717, 1.165) is 46.7 Å². The first-order valence-corrected chi connectivity index (χ1v) is 9.75. The number of carbonyl (C=O) groups is 1. The molecule has 4 nitrogen and oxygen atoms in total. The van der Waals surface area contributed by atoms with Crippen molar-refractivity contribution in [2.45, 2.75) is 33.2 Å². The van der Waals surface area contributed by atoms with Gasteiger partial charge in [-0.05, 0) is 37.1 Å². The minimum atomic E-state index is -0.430. The van der Waals surface area contributed by atoms with E-state index < -0.39 is 5.91 Å². The van der Waals surface area contributed by atoms with Crippen LogP contribution in [0.15, 0.2) is 48.5 Å². The summed E-state index contributed by atoms with van der Waals surface area (Å²) >= 11 is 6.17. The summed E-state index contributed by atoms with van der Waals surface area (Å²) < 4.78 is 7.75. The second-order valence-electron chi connectivity index (χ2n) is 6.81. The fourth-order valence-electron chi connectivity index (χ4n) is 3.77. The lowest BCUT2D eigenvalue weighted by Gasteiger charge is -2.14. The van der Waals surface area contributed by atoms with E-state index in [-0.39, 0.29) is 0 Å². The van der Waals surface area contributed by atoms with Crippen molar-refractivity contribution in [1.29, 1.82) is 0 Å². The van der Waals surface area contributed by atoms with E-state index in [1.54, 1.807) is 7.11 Å². The SMILES string of the molecule is CCCc1c(-c2ccccc2OC)c(C(N)=O)c(C)n1Cc1cccc(Cl)c1. The van der Waals surface area contributed by atoms with Crippen LogP contribution in [0.5, 0.6) is 5.75 Å². The summed E-state index contributed by atoms with van der Waals surface area (Å²) in [6.07, 6.45) is 1.77. The molecule has 0 radical (unpaired) electrons. The zero-order valence-corrected chi connectivity index (χ0v) is 17.2. The lowest BCUT2D eigenvalue weighted by atomic mass is 9.97. The van der Waals surface area contributed by atoms with Crippen LogP contribution < -0.4 is 10.5 Å². The van der Waals surface area contributed by atoms with Crippen molar-refractivity contribution in [2.24, 2.45) is 5.73 Å². The smallest absolute Gasteiger partial charge is 0.251 e. The molecule has 1 amide bonds. The van der Waals surface area contributed by atoms with Gasteiger partial charge in [-0.2, -0.15) is 0 Å². The monoisotopic (exact) mass is 396 g/mol. The highest BCUT2D eigenvalue weighted by Crippen LogP contribution is 2.39. The second kappa shape index (κ2) is 8.53. The number of methoxy groups -OCH3 is 1. The highest BCUT2D eigenvalue weighted by Gasteiger charge is 2.26. The minimum Gasteiger partial charge on any atom is -0.496 e. The van der Waals surface area contributed by atoms with Crippen LogP contribution in [0.1, 0.15) is 40.7 Å². The predicted octanol–water partition coefficient (Wildman–Crippen LogP) is 5.23. The quantitative estimate of drug-likeness (QED) is 0.594. The molecule has 0 saturated heterocycles. The predicted molar refractivity (Wildman–Crippen MR) is 114 cm³/mol. The number of amides is 1. The van der Waals surface area contributed by atoms with Crippen molar-refractivity contribution in [3.8, 4) is 16.9 Å². The number of ether oxygens (including phenoxy) is 1. The molecule has 0 fully saturated rings. The third-order valence-corrected chi connectivity index (χ3v) is 5.21. The molecule has 0 unspecified atom stereocenters. The summed E-state index contributed by atoms with van der Waals surface area (Å²) in [6, 6.07) is 15.5. The van der Waals surface area contributed by atoms with Gasteiger partial charge in [0.25, 0.3) is 5.91 Å². The molecule has 0 aliphatic rings. The molecule has 146 valence electrons. The number of para-hydroxylation sites is 1. The summed E-state index contributed by atoms with van der Waals surface area (Å²) in [7, 11) is 1.64. The van der Waals surface area contributed by atoms with Gasteiger partial charge >= 0.3 is 0 Å². The lowest BCUT2D eigenvalue weighted by molar-refractivity contribution is 0.1000. The summed E-state index contributed by atoms with van der Waals surface area (Å²) in [5.41, 5.74) is 11.1. The third kappa shape index (κ3) is 3.78. The molecule has 3 aromatic rings. The number of aromatic nitrogens is 1. The summed E-state index contributed by atoms with van der Waals surface area (Å²) in [4.78, 5) is 12.4. The molecular weight excluding hydrogens is 372 g/mol. The molecule has 2 N–H and O–H groups in total. The van der Waals surface area contributed by atoms with Crippen LogP contribution in [0.25, 0.3) is 11.1 Å². The number of primary amides is 1. The normalized spacial score (nSPS) is 10.9. The highest BCUT2D eigenvalue weighted by molar-refractivity contribution is 6.30. The first kappa shape index (κ1) is 20.0. The average molecular weight is 397 g/mol. The van der Waals surface area contributed by atoms with Gasteiger partial charge < -0.3 is 15.0 Å². The van der Waals surface area contributed by atoms with Gasteiger partial charge in [0, 0.05) is 34.1 Å². The number of carbonyl (C=O) groups excluding carboxylic acids is 1. The maximum Gasteiger partial charge on any atom is 0.251 e. The van der Waals surface area contributed by atoms with Gasteiger partial charge in [-0.1, -0.05) is 55.3 Å². The molecule has 1 heterocycles. The molecule has 5 heteroatoms. The summed E-state index contributed by atoms with van der Waals surface area (Å²) in [6.45, 7) is 4.70. The Morgan fingerprint density at radius 3 is 2.57 bits per heavy atom. The van der Waals surface area contributed by atoms with Crippen LogP contribution in [0, 0.1) is 6.92 Å². The van der Waals surface area contributed by atoms with E-state index in [1.807, 2.05) is 55.5 Å². The number of hydrogen-bond acceptors (Lipinski definition) is 2. The molecule has 0 bridgehead atoms. The Hall–Kier alpha value is -2.72. The Labute approximate surface area is 170 Å². The topological polar surface area (TPSA) is 57.2 Å². The van der Waals surface area contributed by atoms with Crippen LogP contribution in [-0.4, -0.2) is 17.6 Å². The fraction of sp³-hybridized carbons (Fsp3) is 0.261. The number of nitrogens with zero attached hydrogens (tertiary/aromatic N) is 1. The standard InChI is InChI=1S/C23H25ClN2O2/c1-4-8-19-22(18-11-5-6-12-20(18)28-3)21(23(25)27)15(2)26(19)14-16-9-7-10-17(24)13-16/h5-7,9-13H,4,8,14H2,1-3H3,(H2,25,27). The van der Waals surface area contributed by atoms with Crippen LogP contribution >= 0.6 is 11.6 Å². The molecule has 0 saturated carbocycles. The van der Waals surface area contributed by atoms with E-state index in [9.17, 15) is 4.79 Å². The summed E-state index contributed by atoms with van der Waals surface area (Å²) in [5.74, 6) is 0.294. The van der Waals surface area contributed by atoms with Gasteiger partial charge in [0.2, 0.25) is 0 Å². The van der Waals surface area contributed by atoms with Gasteiger partial charge in [0.1, 0.15) is 5.75 Å². The first-order valence-electron chi connectivity index (χ1n) is 9.37. The van der Waals surface area contributed by atoms with Crippen molar-refractivity contribution >= 4 is 17.5 Å². The molecule has 0 aliphatic carbocycles. The number of benzene rings is 2. The number of halogens is 1. The Morgan fingerprint density at radius 2 is 1.93 bits per heavy atom. The van der Waals surface area contributed by atoms with Gasteiger partial charge in [0.05, 0.1) is 12.7 Å². The van der Waals surface area contributed by atoms with Crippen molar-refractivity contribution in [3.63, 3.8) is 0 Å². The Balaban J connectivity index is 2.27. The third-order valence-electron chi connectivity index (χ3n) is 4.97. The second-order valence-corrected chi connectivity index (χ2v) is 7.25. The highest BCUT2D eigenvalue weighted by atomic mass is 35.5. The molecular formula is C23H25ClN2O2. The fourth-order valence-corrected chi connectivity index (χ4v) is 3.98. The van der Waals surface area contributed by atoms with Crippen LogP contribution in [0.4, 0.5) is 0 Å². The Morgan fingerprint density at radius 1 is 1.18 bits per heavy atom. The van der Waals surface area contributed by atoms with E-state index in [4.69, 9.17) is 22.1 Å². The Kier molecular flexibility index (Phi) is 6.10. The average Bonchev–Trinajstić information content (AvgIpc) is 2.94. The van der Waals surface area contributed by atoms with Crippen molar-refractivity contribution in [1.82, 2.24) is 4.57 Å². The molecule has 3 rings (SSSR count). The molecule has 28 heavy (non-hydrogen) atoms. The lowest BCUT2D eigenvalue weighted by Crippen LogP contribution is -2.13. The van der Waals surface area contributed by atoms with Gasteiger partial charge in [-0.15, -0.1) is 0 Å². The van der Waals surface area contributed by atoms with Crippen molar-refractivity contribution in [3.05, 3.63) is 76.1 Å². The molecule has 0 aliphatic heterocycles. The largest absolute Gasteiger partial charge is 0.496 e. The molecule has 2 aromatic carbocycles. The Bertz CT molecular complexity index is 1010. The van der Waals surface area contributed by atoms with E-state index in [1.165, 1.54) is 0 Å². The van der Waals surface area contributed by atoms with E-state index in [0.29, 0.717) is 17.1 Å². The van der Waals surface area contributed by atoms with Crippen LogP contribution in [0.2, 0.25) is 5.02 Å². The minimum absolute atomic E-state index is 0.430. The molecule has 0 atom stereocenters. The van der Waals surface area contributed by atoms with E-state index in [2.05, 4.69) is 11.5 Å². The molecule has 1 aromatic heterocycles. The maximum absolute atomic E-state index is 12.4. The number of nitrogens with two attached hydrogens (primary N) is 1.